The topological polar surface area (TPSA) is 99.0 Å². The third kappa shape index (κ3) is 1.85. The van der Waals surface area contributed by atoms with E-state index in [0.29, 0.717) is 30.2 Å². The Balaban J connectivity index is 3.05. The fraction of sp³-hybridized carbons (Fsp3) is 0.500. The quantitative estimate of drug-likeness (QED) is 0.588. The summed E-state index contributed by atoms with van der Waals surface area (Å²) in [5.74, 6) is 0.149. The van der Waals surface area contributed by atoms with Crippen molar-refractivity contribution in [3.63, 3.8) is 0 Å². The average Bonchev–Trinajstić information content (AvgIpc) is 2.37. The van der Waals surface area contributed by atoms with Crippen LogP contribution in [0.1, 0.15) is 16.1 Å². The smallest absolute Gasteiger partial charge is 0.254 e. The number of aromatic nitrogens is 2. The lowest BCUT2D eigenvalue weighted by Gasteiger charge is -2.06. The highest BCUT2D eigenvalue weighted by atomic mass is 16.1. The second-order valence-corrected chi connectivity index (χ2v) is 3.01. The first-order valence-corrected chi connectivity index (χ1v) is 4.35. The Kier molecular flexibility index (Phi) is 3.08. The maximum atomic E-state index is 11.1. The molecule has 0 aromatic carbocycles. The van der Waals surface area contributed by atoms with Crippen LogP contribution in [-0.4, -0.2) is 28.8 Å². The van der Waals surface area contributed by atoms with Crippen LogP contribution in [0, 0.1) is 6.92 Å². The molecule has 0 aliphatic rings. The number of nitrogens with zero attached hydrogens (tertiary/aromatic N) is 2. The van der Waals surface area contributed by atoms with Gasteiger partial charge in [-0.25, -0.2) is 0 Å². The standard InChI is InChI=1S/C8H15N5O/c1-5-6(7(10)14)8(11-4-3-9)13(2)12-5/h11H,3-4,9H2,1-2H3,(H2,10,14). The molecule has 0 bridgehead atoms. The van der Waals surface area contributed by atoms with Gasteiger partial charge in [-0.3, -0.25) is 9.48 Å². The Morgan fingerprint density at radius 3 is 2.79 bits per heavy atom. The number of nitrogens with one attached hydrogen (secondary N) is 1. The molecule has 0 aliphatic carbocycles. The van der Waals surface area contributed by atoms with Crippen molar-refractivity contribution in [2.75, 3.05) is 18.4 Å². The average molecular weight is 197 g/mol. The first-order chi connectivity index (χ1) is 6.57. The summed E-state index contributed by atoms with van der Waals surface area (Å²) in [7, 11) is 1.75. The van der Waals surface area contributed by atoms with E-state index >= 15 is 0 Å². The molecule has 0 fully saturated rings. The Morgan fingerprint density at radius 1 is 1.64 bits per heavy atom. The van der Waals surface area contributed by atoms with Crippen LogP contribution in [0.3, 0.4) is 0 Å². The summed E-state index contributed by atoms with van der Waals surface area (Å²) in [6, 6.07) is 0. The lowest BCUT2D eigenvalue weighted by molar-refractivity contribution is 0.100. The summed E-state index contributed by atoms with van der Waals surface area (Å²) in [6.45, 7) is 2.81. The molecule has 5 N–H and O–H groups in total. The van der Waals surface area contributed by atoms with Gasteiger partial charge in [0, 0.05) is 20.1 Å². The molecular weight excluding hydrogens is 182 g/mol. The van der Waals surface area contributed by atoms with E-state index < -0.39 is 5.91 Å². The summed E-state index contributed by atoms with van der Waals surface area (Å²) < 4.78 is 1.59. The van der Waals surface area contributed by atoms with Gasteiger partial charge in [-0.05, 0) is 6.92 Å². The predicted octanol–water partition coefficient (Wildman–Crippen LogP) is -0.802. The largest absolute Gasteiger partial charge is 0.368 e. The van der Waals surface area contributed by atoms with Crippen molar-refractivity contribution in [3.8, 4) is 0 Å². The Hall–Kier alpha value is -1.56. The zero-order valence-electron chi connectivity index (χ0n) is 8.37. The van der Waals surface area contributed by atoms with Gasteiger partial charge in [0.15, 0.2) is 0 Å². The third-order valence-electron chi connectivity index (χ3n) is 1.91. The predicted molar refractivity (Wildman–Crippen MR) is 54.0 cm³/mol. The molecule has 6 heteroatoms. The van der Waals surface area contributed by atoms with Crippen molar-refractivity contribution in [1.29, 1.82) is 0 Å². The lowest BCUT2D eigenvalue weighted by Crippen LogP contribution is -2.19. The highest BCUT2D eigenvalue weighted by Crippen LogP contribution is 2.17. The molecule has 78 valence electrons. The van der Waals surface area contributed by atoms with E-state index in [9.17, 15) is 4.79 Å². The van der Waals surface area contributed by atoms with Gasteiger partial charge in [0.25, 0.3) is 5.91 Å². The molecule has 0 unspecified atom stereocenters. The molecule has 0 saturated carbocycles. The minimum atomic E-state index is -0.477. The molecule has 1 rings (SSSR count). The number of rotatable bonds is 4. The minimum absolute atomic E-state index is 0.431. The van der Waals surface area contributed by atoms with Crippen molar-refractivity contribution in [2.24, 2.45) is 18.5 Å². The van der Waals surface area contributed by atoms with Crippen LogP contribution < -0.4 is 16.8 Å². The second kappa shape index (κ2) is 4.10. The molecule has 0 atom stereocenters. The summed E-state index contributed by atoms with van der Waals surface area (Å²) in [4.78, 5) is 11.1. The van der Waals surface area contributed by atoms with Crippen LogP contribution in [0.15, 0.2) is 0 Å². The van der Waals surface area contributed by atoms with Gasteiger partial charge in [0.2, 0.25) is 0 Å². The molecule has 1 aromatic rings. The zero-order chi connectivity index (χ0) is 10.7. The molecule has 0 radical (unpaired) electrons. The van der Waals surface area contributed by atoms with Gasteiger partial charge in [0.1, 0.15) is 11.4 Å². The number of hydrogen-bond acceptors (Lipinski definition) is 4. The molecule has 1 heterocycles. The van der Waals surface area contributed by atoms with E-state index in [1.165, 1.54) is 0 Å². The molecule has 6 nitrogen and oxygen atoms in total. The van der Waals surface area contributed by atoms with E-state index in [1.54, 1.807) is 18.7 Å². The monoisotopic (exact) mass is 197 g/mol. The fourth-order valence-corrected chi connectivity index (χ4v) is 1.35. The van der Waals surface area contributed by atoms with Gasteiger partial charge < -0.3 is 16.8 Å². The number of aryl methyl sites for hydroxylation is 2. The van der Waals surface area contributed by atoms with Crippen LogP contribution in [0.4, 0.5) is 5.82 Å². The fourth-order valence-electron chi connectivity index (χ4n) is 1.35. The number of anilines is 1. The van der Waals surface area contributed by atoms with Crippen LogP contribution in [0.5, 0.6) is 0 Å². The van der Waals surface area contributed by atoms with E-state index in [4.69, 9.17) is 11.5 Å². The number of amides is 1. The Labute approximate surface area is 82.3 Å². The van der Waals surface area contributed by atoms with E-state index in [0.717, 1.165) is 0 Å². The molecule has 14 heavy (non-hydrogen) atoms. The molecule has 1 aromatic heterocycles. The molecule has 1 amide bonds. The number of hydrogen-bond donors (Lipinski definition) is 3. The summed E-state index contributed by atoms with van der Waals surface area (Å²) >= 11 is 0. The minimum Gasteiger partial charge on any atom is -0.368 e. The summed E-state index contributed by atoms with van der Waals surface area (Å²) in [5, 5.41) is 7.11. The lowest BCUT2D eigenvalue weighted by atomic mass is 10.2. The van der Waals surface area contributed by atoms with Gasteiger partial charge in [-0.15, -0.1) is 0 Å². The Bertz CT molecular complexity index is 344. The summed E-state index contributed by atoms with van der Waals surface area (Å²) in [5.41, 5.74) is 11.6. The first-order valence-electron chi connectivity index (χ1n) is 4.35. The molecular formula is C8H15N5O. The van der Waals surface area contributed by atoms with Crippen LogP contribution in [-0.2, 0) is 7.05 Å². The van der Waals surface area contributed by atoms with Gasteiger partial charge >= 0.3 is 0 Å². The molecule has 0 saturated heterocycles. The van der Waals surface area contributed by atoms with Crippen LogP contribution in [0.2, 0.25) is 0 Å². The highest BCUT2D eigenvalue weighted by molar-refractivity contribution is 5.98. The molecule has 0 spiro atoms. The number of carbonyl (C=O) groups is 1. The van der Waals surface area contributed by atoms with Gasteiger partial charge in [-0.2, -0.15) is 5.10 Å². The first kappa shape index (κ1) is 10.5. The molecule has 0 aliphatic heterocycles. The normalized spacial score (nSPS) is 10.2. The van der Waals surface area contributed by atoms with E-state index in [-0.39, 0.29) is 0 Å². The Morgan fingerprint density at radius 2 is 2.29 bits per heavy atom. The maximum Gasteiger partial charge on any atom is 0.254 e. The van der Waals surface area contributed by atoms with Gasteiger partial charge in [-0.1, -0.05) is 0 Å². The zero-order valence-corrected chi connectivity index (χ0v) is 8.37. The number of nitrogens with two attached hydrogens (primary N) is 2. The number of primary amides is 1. The van der Waals surface area contributed by atoms with Crippen LogP contribution in [0.25, 0.3) is 0 Å². The maximum absolute atomic E-state index is 11.1. The highest BCUT2D eigenvalue weighted by Gasteiger charge is 2.16. The van der Waals surface area contributed by atoms with E-state index in [1.807, 2.05) is 0 Å². The van der Waals surface area contributed by atoms with Crippen molar-refractivity contribution in [2.45, 2.75) is 6.92 Å². The summed E-state index contributed by atoms with van der Waals surface area (Å²) in [6.07, 6.45) is 0. The second-order valence-electron chi connectivity index (χ2n) is 3.01. The van der Waals surface area contributed by atoms with Crippen molar-refractivity contribution >= 4 is 11.7 Å². The van der Waals surface area contributed by atoms with Crippen LogP contribution >= 0.6 is 0 Å². The van der Waals surface area contributed by atoms with E-state index in [2.05, 4.69) is 10.4 Å². The van der Waals surface area contributed by atoms with Gasteiger partial charge in [0.05, 0.1) is 5.69 Å². The van der Waals surface area contributed by atoms with Crippen molar-refractivity contribution in [3.05, 3.63) is 11.3 Å². The van der Waals surface area contributed by atoms with Crippen molar-refractivity contribution in [1.82, 2.24) is 9.78 Å². The number of carbonyl (C=O) groups excluding carboxylic acids is 1. The SMILES string of the molecule is Cc1nn(C)c(NCCN)c1C(N)=O. The third-order valence-corrected chi connectivity index (χ3v) is 1.91. The van der Waals surface area contributed by atoms with Crippen molar-refractivity contribution < 1.29 is 4.79 Å².